The third-order valence-corrected chi connectivity index (χ3v) is 4.12. The molecule has 5 nitrogen and oxygen atoms in total. The summed E-state index contributed by atoms with van der Waals surface area (Å²) in [7, 11) is 0. The van der Waals surface area contributed by atoms with Gasteiger partial charge in [0.2, 0.25) is 0 Å². The first kappa shape index (κ1) is 15.6. The van der Waals surface area contributed by atoms with Gasteiger partial charge >= 0.3 is 0 Å². The second kappa shape index (κ2) is 6.78. The number of aromatic nitrogens is 2. The molecule has 0 unspecified atom stereocenters. The number of nitrogens with zero attached hydrogens (tertiary/aromatic N) is 2. The maximum Gasteiger partial charge on any atom is 0.169 e. The molecular formula is C15H17N2O3S-. The van der Waals surface area contributed by atoms with Gasteiger partial charge in [0, 0.05) is 18.0 Å². The lowest BCUT2D eigenvalue weighted by Crippen LogP contribution is -2.31. The molecule has 0 spiro atoms. The van der Waals surface area contributed by atoms with Crippen molar-refractivity contribution in [2.75, 3.05) is 0 Å². The average Bonchev–Trinajstić information content (AvgIpc) is 2.83. The molecule has 0 amide bonds. The highest BCUT2D eigenvalue weighted by atomic mass is 32.2. The van der Waals surface area contributed by atoms with Crippen LogP contribution in [0.1, 0.15) is 23.7 Å². The van der Waals surface area contributed by atoms with E-state index in [4.69, 9.17) is 0 Å². The van der Waals surface area contributed by atoms with Gasteiger partial charge in [-0.05, 0) is 19.4 Å². The number of hydrogen-bond donors (Lipinski definition) is 1. The first-order valence-corrected chi connectivity index (χ1v) is 7.47. The molecule has 1 N–H and O–H groups in total. The number of benzene rings is 1. The minimum absolute atomic E-state index is 0.172. The lowest BCUT2D eigenvalue weighted by atomic mass is 10.1. The molecule has 0 fully saturated rings. The first-order chi connectivity index (χ1) is 9.99. The van der Waals surface area contributed by atoms with Gasteiger partial charge < -0.3 is 19.6 Å². The Labute approximate surface area is 127 Å². The third-order valence-electron chi connectivity index (χ3n) is 3.04. The maximum absolute atomic E-state index is 10.9. The molecule has 1 aromatic heterocycles. The quantitative estimate of drug-likeness (QED) is 0.804. The Balaban J connectivity index is 2.22. The van der Waals surface area contributed by atoms with Crippen LogP contribution in [0.2, 0.25) is 0 Å². The summed E-state index contributed by atoms with van der Waals surface area (Å²) in [4.78, 5) is 15.1. The Morgan fingerprint density at radius 2 is 2.10 bits per heavy atom. The fraction of sp³-hybridized carbons (Fsp3) is 0.333. The molecule has 1 atom stereocenters. The summed E-state index contributed by atoms with van der Waals surface area (Å²) in [6.45, 7) is 3.99. The van der Waals surface area contributed by atoms with Crippen molar-refractivity contribution < 1.29 is 15.0 Å². The Kier molecular flexibility index (Phi) is 5.03. The standard InChI is InChI=1S/C15H18N2O3S/c1-10-3-5-12(6-4-10)7-17-8-13(9-18)16-15(17)21-11(2)14(19)20/h3-6,8,11,18H,7,9H2,1-2H3,(H,19,20)/p-1/t11-/m0/s1. The normalized spacial score (nSPS) is 12.3. The summed E-state index contributed by atoms with van der Waals surface area (Å²) in [6.07, 6.45) is 1.74. The van der Waals surface area contributed by atoms with Crippen LogP contribution in [0.25, 0.3) is 0 Å². The van der Waals surface area contributed by atoms with Crippen LogP contribution in [-0.4, -0.2) is 25.9 Å². The number of carbonyl (C=O) groups is 1. The van der Waals surface area contributed by atoms with Gasteiger partial charge in [-0.25, -0.2) is 4.98 Å². The van der Waals surface area contributed by atoms with Crippen LogP contribution in [0, 0.1) is 6.92 Å². The number of aliphatic hydroxyl groups excluding tert-OH is 1. The lowest BCUT2D eigenvalue weighted by molar-refractivity contribution is -0.304. The first-order valence-electron chi connectivity index (χ1n) is 6.59. The van der Waals surface area contributed by atoms with Crippen LogP contribution in [0.4, 0.5) is 0 Å². The van der Waals surface area contributed by atoms with Gasteiger partial charge in [-0.2, -0.15) is 0 Å². The number of aryl methyl sites for hydroxylation is 1. The predicted octanol–water partition coefficient (Wildman–Crippen LogP) is 0.963. The van der Waals surface area contributed by atoms with Crippen LogP contribution < -0.4 is 5.11 Å². The van der Waals surface area contributed by atoms with Gasteiger partial charge in [0.1, 0.15) is 0 Å². The van der Waals surface area contributed by atoms with Gasteiger partial charge in [0.15, 0.2) is 5.16 Å². The van der Waals surface area contributed by atoms with Crippen LogP contribution in [-0.2, 0) is 17.9 Å². The van der Waals surface area contributed by atoms with E-state index < -0.39 is 11.2 Å². The number of carboxylic acids is 1. The smallest absolute Gasteiger partial charge is 0.169 e. The molecule has 112 valence electrons. The van der Waals surface area contributed by atoms with E-state index >= 15 is 0 Å². The van der Waals surface area contributed by atoms with E-state index in [0.717, 1.165) is 17.3 Å². The van der Waals surface area contributed by atoms with Gasteiger partial charge in [0.05, 0.1) is 18.3 Å². The molecule has 0 saturated carbocycles. The van der Waals surface area contributed by atoms with Crippen molar-refractivity contribution in [2.24, 2.45) is 0 Å². The summed E-state index contributed by atoms with van der Waals surface area (Å²) in [5.74, 6) is -1.13. The van der Waals surface area contributed by atoms with Crippen molar-refractivity contribution in [3.05, 3.63) is 47.3 Å². The number of rotatable bonds is 6. The number of hydrogen-bond acceptors (Lipinski definition) is 5. The zero-order valence-corrected chi connectivity index (χ0v) is 12.8. The van der Waals surface area contributed by atoms with Gasteiger partial charge in [-0.1, -0.05) is 41.6 Å². The fourth-order valence-electron chi connectivity index (χ4n) is 1.83. The van der Waals surface area contributed by atoms with E-state index in [1.807, 2.05) is 35.8 Å². The summed E-state index contributed by atoms with van der Waals surface area (Å²) < 4.78 is 1.85. The molecule has 0 aliphatic carbocycles. The lowest BCUT2D eigenvalue weighted by Gasteiger charge is -2.13. The van der Waals surface area contributed by atoms with Crippen molar-refractivity contribution in [1.82, 2.24) is 9.55 Å². The van der Waals surface area contributed by atoms with Crippen molar-refractivity contribution in [3.63, 3.8) is 0 Å². The molecule has 6 heteroatoms. The topological polar surface area (TPSA) is 78.2 Å². The Bertz CT molecular complexity index is 622. The summed E-state index contributed by atoms with van der Waals surface area (Å²) in [5.41, 5.74) is 2.79. The molecule has 0 aliphatic rings. The van der Waals surface area contributed by atoms with E-state index in [-0.39, 0.29) is 6.61 Å². The highest BCUT2D eigenvalue weighted by Gasteiger charge is 2.13. The summed E-state index contributed by atoms with van der Waals surface area (Å²) in [6, 6.07) is 8.08. The van der Waals surface area contributed by atoms with E-state index in [0.29, 0.717) is 17.4 Å². The van der Waals surface area contributed by atoms with Crippen LogP contribution in [0.15, 0.2) is 35.6 Å². The molecule has 1 aromatic carbocycles. The molecule has 0 radical (unpaired) electrons. The second-order valence-corrected chi connectivity index (χ2v) is 6.17. The van der Waals surface area contributed by atoms with Crippen molar-refractivity contribution in [3.8, 4) is 0 Å². The van der Waals surface area contributed by atoms with Crippen molar-refractivity contribution in [1.29, 1.82) is 0 Å². The van der Waals surface area contributed by atoms with Gasteiger partial charge in [-0.3, -0.25) is 0 Å². The van der Waals surface area contributed by atoms with E-state index in [1.54, 1.807) is 13.1 Å². The van der Waals surface area contributed by atoms with Crippen LogP contribution >= 0.6 is 11.8 Å². The van der Waals surface area contributed by atoms with Gasteiger partial charge in [-0.15, -0.1) is 0 Å². The minimum Gasteiger partial charge on any atom is -0.549 e. The predicted molar refractivity (Wildman–Crippen MR) is 78.8 cm³/mol. The van der Waals surface area contributed by atoms with Gasteiger partial charge in [0.25, 0.3) is 0 Å². The molecule has 1 heterocycles. The minimum atomic E-state index is -1.13. The molecule has 2 rings (SSSR count). The second-order valence-electron chi connectivity index (χ2n) is 4.87. The maximum atomic E-state index is 10.9. The van der Waals surface area contributed by atoms with E-state index in [2.05, 4.69) is 4.98 Å². The van der Waals surface area contributed by atoms with Crippen LogP contribution in [0.5, 0.6) is 0 Å². The van der Waals surface area contributed by atoms with Crippen LogP contribution in [0.3, 0.4) is 0 Å². The summed E-state index contributed by atoms with van der Waals surface area (Å²) >= 11 is 1.12. The highest BCUT2D eigenvalue weighted by molar-refractivity contribution is 8.00. The molecule has 0 bridgehead atoms. The molecular weight excluding hydrogens is 288 g/mol. The zero-order valence-electron chi connectivity index (χ0n) is 11.9. The molecule has 0 saturated heterocycles. The SMILES string of the molecule is Cc1ccc(Cn2cc(CO)nc2S[C@@H](C)C(=O)[O-])cc1. The number of thioether (sulfide) groups is 1. The zero-order chi connectivity index (χ0) is 15.4. The number of aliphatic hydroxyl groups is 1. The van der Waals surface area contributed by atoms with E-state index in [9.17, 15) is 15.0 Å². The number of aliphatic carboxylic acids is 1. The van der Waals surface area contributed by atoms with Crippen molar-refractivity contribution in [2.45, 2.75) is 37.4 Å². The van der Waals surface area contributed by atoms with Crippen molar-refractivity contribution >= 4 is 17.7 Å². The monoisotopic (exact) mass is 305 g/mol. The molecule has 2 aromatic rings. The van der Waals surface area contributed by atoms with E-state index in [1.165, 1.54) is 5.56 Å². The summed E-state index contributed by atoms with van der Waals surface area (Å²) in [5, 5.41) is 19.9. The number of carboxylic acid groups (broad SMARTS) is 1. The average molecular weight is 305 g/mol. The molecule has 21 heavy (non-hydrogen) atoms. The third kappa shape index (κ3) is 4.09. The number of carbonyl (C=O) groups excluding carboxylic acids is 1. The Morgan fingerprint density at radius 1 is 1.43 bits per heavy atom. The largest absolute Gasteiger partial charge is 0.549 e. The fourth-order valence-corrected chi connectivity index (χ4v) is 2.67. The Morgan fingerprint density at radius 3 is 2.67 bits per heavy atom. The highest BCUT2D eigenvalue weighted by Crippen LogP contribution is 2.23. The Hall–Kier alpha value is -1.79. The number of imidazole rings is 1. The molecule has 0 aliphatic heterocycles.